The number of aromatic amines is 1. The average Bonchev–Trinajstić information content (AvgIpc) is 3.38. The topological polar surface area (TPSA) is 100 Å². The summed E-state index contributed by atoms with van der Waals surface area (Å²) in [4.78, 5) is 45.8. The van der Waals surface area contributed by atoms with E-state index in [4.69, 9.17) is 0 Å². The second kappa shape index (κ2) is 9.52. The van der Waals surface area contributed by atoms with Crippen LogP contribution in [0.15, 0.2) is 54.0 Å². The van der Waals surface area contributed by atoms with E-state index in [1.165, 1.54) is 6.08 Å². The Bertz CT molecular complexity index is 1160. The Balaban J connectivity index is 1.43. The van der Waals surface area contributed by atoms with Crippen molar-refractivity contribution < 1.29 is 14.4 Å². The lowest BCUT2D eigenvalue weighted by Gasteiger charge is -2.38. The van der Waals surface area contributed by atoms with Gasteiger partial charge in [0.05, 0.1) is 18.4 Å². The number of benzene rings is 1. The van der Waals surface area contributed by atoms with Gasteiger partial charge in [-0.05, 0) is 24.3 Å². The minimum atomic E-state index is -0.184. The number of carbonyl (C=O) groups is 3. The van der Waals surface area contributed by atoms with Crippen LogP contribution < -0.4 is 5.32 Å². The number of hydrogen-bond acceptors (Lipinski definition) is 4. The van der Waals surface area contributed by atoms with Crippen molar-refractivity contribution in [1.82, 2.24) is 24.8 Å². The number of nitrogens with one attached hydrogen (secondary N) is 2. The molecule has 0 aliphatic carbocycles. The third kappa shape index (κ3) is 4.83. The van der Waals surface area contributed by atoms with Crippen molar-refractivity contribution in [3.05, 3.63) is 65.3 Å². The Morgan fingerprint density at radius 1 is 1.31 bits per heavy atom. The number of halogens is 1. The molecule has 0 saturated carbocycles. The number of hydrogen-bond donors (Lipinski definition) is 2. The second-order valence-corrected chi connectivity index (χ2v) is 8.89. The van der Waals surface area contributed by atoms with Gasteiger partial charge in [0.1, 0.15) is 0 Å². The first-order chi connectivity index (χ1) is 15.4. The predicted molar refractivity (Wildman–Crippen MR) is 124 cm³/mol. The molecule has 1 saturated heterocycles. The number of aromatic nitrogens is 3. The van der Waals surface area contributed by atoms with Crippen molar-refractivity contribution in [2.75, 3.05) is 19.6 Å². The summed E-state index contributed by atoms with van der Waals surface area (Å²) in [5.41, 5.74) is 2.31. The Labute approximate surface area is 193 Å². The quantitative estimate of drug-likeness (QED) is 0.443. The van der Waals surface area contributed by atoms with Gasteiger partial charge in [-0.3, -0.25) is 14.4 Å². The Kier molecular flexibility index (Phi) is 6.55. The predicted octanol–water partition coefficient (Wildman–Crippen LogP) is 2.70. The van der Waals surface area contributed by atoms with Crippen molar-refractivity contribution >= 4 is 44.4 Å². The number of amides is 2. The van der Waals surface area contributed by atoms with Gasteiger partial charge in [0.15, 0.2) is 5.78 Å². The van der Waals surface area contributed by atoms with E-state index in [0.29, 0.717) is 38.0 Å². The van der Waals surface area contributed by atoms with E-state index in [1.807, 2.05) is 22.8 Å². The number of H-pyrrole nitrogens is 1. The molecule has 166 valence electrons. The smallest absolute Gasteiger partial charge is 0.253 e. The van der Waals surface area contributed by atoms with E-state index in [9.17, 15) is 14.4 Å². The molecule has 3 heterocycles. The normalized spacial score (nSPS) is 13.7. The number of carbonyl (C=O) groups excluding carboxylic acids is 3. The van der Waals surface area contributed by atoms with Gasteiger partial charge in [-0.15, -0.1) is 0 Å². The monoisotopic (exact) mass is 497 g/mol. The van der Waals surface area contributed by atoms with Crippen LogP contribution in [0.1, 0.15) is 22.5 Å². The number of nitrogens with zero attached hydrogens (tertiary/aromatic N) is 3. The van der Waals surface area contributed by atoms with Crippen LogP contribution in [0, 0.1) is 5.92 Å². The zero-order valence-corrected chi connectivity index (χ0v) is 19.1. The molecule has 1 aliphatic rings. The molecule has 0 atom stereocenters. The van der Waals surface area contributed by atoms with Gasteiger partial charge in [-0.2, -0.15) is 0 Å². The molecule has 0 bridgehead atoms. The van der Waals surface area contributed by atoms with E-state index < -0.39 is 0 Å². The molecule has 4 rings (SSSR count). The zero-order chi connectivity index (χ0) is 22.7. The molecule has 8 nitrogen and oxygen atoms in total. The van der Waals surface area contributed by atoms with E-state index in [2.05, 4.69) is 37.8 Å². The lowest BCUT2D eigenvalue weighted by Crippen LogP contribution is -2.50. The fraction of sp³-hybridized carbons (Fsp3) is 0.304. The number of Topliss-reactive ketones (excluding diaryl/α,β-unsaturated/α-hetero) is 1. The van der Waals surface area contributed by atoms with Gasteiger partial charge in [-0.1, -0.05) is 22.5 Å². The number of rotatable bonds is 9. The highest BCUT2D eigenvalue weighted by Gasteiger charge is 2.30. The molecule has 9 heteroatoms. The first-order valence-electron chi connectivity index (χ1n) is 10.4. The molecule has 32 heavy (non-hydrogen) atoms. The van der Waals surface area contributed by atoms with E-state index in [-0.39, 0.29) is 30.1 Å². The van der Waals surface area contributed by atoms with E-state index in [1.54, 1.807) is 23.6 Å². The summed E-state index contributed by atoms with van der Waals surface area (Å²) < 4.78 is 2.70. The van der Waals surface area contributed by atoms with Crippen molar-refractivity contribution in [2.24, 2.45) is 5.92 Å². The van der Waals surface area contributed by atoms with Crippen LogP contribution in [-0.4, -0.2) is 56.7 Å². The molecule has 2 amide bonds. The summed E-state index contributed by atoms with van der Waals surface area (Å²) in [6, 6.07) is 5.70. The van der Waals surface area contributed by atoms with Crippen molar-refractivity contribution in [3.8, 4) is 0 Å². The molecular weight excluding hydrogens is 474 g/mol. The highest BCUT2D eigenvalue weighted by Crippen LogP contribution is 2.26. The number of fused-ring (bicyclic) bond motifs is 1. The van der Waals surface area contributed by atoms with Crippen molar-refractivity contribution in [1.29, 1.82) is 0 Å². The fourth-order valence-corrected chi connectivity index (χ4v) is 4.35. The standard InChI is InChI=1S/C23H24BrN5O3/c1-2-22(31)29-10-15(11-29)7-18(30)12-28-13-20(19-8-16(24)3-4-21(19)28)23(32)26-6-5-17-9-25-14-27-17/h2-4,8-9,13-15H,1,5-7,10-12H2,(H,25,27)(H,26,32). The maximum absolute atomic E-state index is 12.9. The zero-order valence-electron chi connectivity index (χ0n) is 17.5. The summed E-state index contributed by atoms with van der Waals surface area (Å²) in [6.45, 7) is 5.31. The van der Waals surface area contributed by atoms with Crippen molar-refractivity contribution in [3.63, 3.8) is 0 Å². The van der Waals surface area contributed by atoms with E-state index >= 15 is 0 Å². The second-order valence-electron chi connectivity index (χ2n) is 7.97. The number of ketones is 1. The summed E-state index contributed by atoms with van der Waals surface area (Å²) in [7, 11) is 0. The highest BCUT2D eigenvalue weighted by atomic mass is 79.9. The largest absolute Gasteiger partial charge is 0.352 e. The van der Waals surface area contributed by atoms with Gasteiger partial charge >= 0.3 is 0 Å². The summed E-state index contributed by atoms with van der Waals surface area (Å²) in [5.74, 6) is -0.0328. The molecule has 1 aromatic carbocycles. The molecule has 0 spiro atoms. The minimum Gasteiger partial charge on any atom is -0.352 e. The summed E-state index contributed by atoms with van der Waals surface area (Å²) >= 11 is 3.47. The van der Waals surface area contributed by atoms with E-state index in [0.717, 1.165) is 21.1 Å². The highest BCUT2D eigenvalue weighted by molar-refractivity contribution is 9.10. The molecule has 3 aromatic rings. The number of likely N-dealkylation sites (tertiary alicyclic amines) is 1. The summed E-state index contributed by atoms with van der Waals surface area (Å²) in [6.07, 6.45) is 7.44. The van der Waals surface area contributed by atoms with Crippen LogP contribution in [0.5, 0.6) is 0 Å². The van der Waals surface area contributed by atoms with Crippen LogP contribution in [0.4, 0.5) is 0 Å². The molecule has 1 fully saturated rings. The maximum Gasteiger partial charge on any atom is 0.253 e. The molecule has 2 N–H and O–H groups in total. The average molecular weight is 498 g/mol. The van der Waals surface area contributed by atoms with Crippen LogP contribution in [-0.2, 0) is 22.6 Å². The third-order valence-corrected chi connectivity index (χ3v) is 6.12. The summed E-state index contributed by atoms with van der Waals surface area (Å²) in [5, 5.41) is 3.73. The van der Waals surface area contributed by atoms with Crippen LogP contribution in [0.2, 0.25) is 0 Å². The molecular formula is C23H24BrN5O3. The van der Waals surface area contributed by atoms with Crippen LogP contribution in [0.25, 0.3) is 10.9 Å². The Morgan fingerprint density at radius 3 is 2.84 bits per heavy atom. The number of imidazole rings is 1. The first-order valence-corrected chi connectivity index (χ1v) is 11.2. The lowest BCUT2D eigenvalue weighted by molar-refractivity contribution is -0.134. The van der Waals surface area contributed by atoms with Gasteiger partial charge in [0.2, 0.25) is 5.91 Å². The Hall–Kier alpha value is -3.20. The molecule has 0 unspecified atom stereocenters. The molecule has 0 radical (unpaired) electrons. The molecule has 1 aliphatic heterocycles. The van der Waals surface area contributed by atoms with Crippen molar-refractivity contribution in [2.45, 2.75) is 19.4 Å². The van der Waals surface area contributed by atoms with Crippen LogP contribution >= 0.6 is 15.9 Å². The van der Waals surface area contributed by atoms with Gasteiger partial charge < -0.3 is 19.8 Å². The fourth-order valence-electron chi connectivity index (χ4n) is 3.99. The third-order valence-electron chi connectivity index (χ3n) is 5.63. The Morgan fingerprint density at radius 2 is 2.12 bits per heavy atom. The minimum absolute atomic E-state index is 0.0757. The van der Waals surface area contributed by atoms with Gasteiger partial charge in [0, 0.05) is 71.9 Å². The lowest BCUT2D eigenvalue weighted by atomic mass is 9.94. The first kappa shape index (κ1) is 22.0. The maximum atomic E-state index is 12.9. The van der Waals surface area contributed by atoms with Crippen LogP contribution in [0.3, 0.4) is 0 Å². The van der Waals surface area contributed by atoms with Gasteiger partial charge in [-0.25, -0.2) is 4.98 Å². The SMILES string of the molecule is C=CC(=O)N1CC(CC(=O)Cn2cc(C(=O)NCCc3cnc[nH]3)c3cc(Br)ccc32)C1. The molecule has 2 aromatic heterocycles. The van der Waals surface area contributed by atoms with Gasteiger partial charge in [0.25, 0.3) is 5.91 Å².